The summed E-state index contributed by atoms with van der Waals surface area (Å²) in [7, 11) is 0. The molecule has 4 N–H and O–H groups in total. The first-order valence-corrected chi connectivity index (χ1v) is 3.51. The summed E-state index contributed by atoms with van der Waals surface area (Å²) in [6.45, 7) is 0. The molecule has 0 radical (unpaired) electrons. The van der Waals surface area contributed by atoms with Crippen molar-refractivity contribution in [3.05, 3.63) is 24.5 Å². The van der Waals surface area contributed by atoms with Crippen molar-refractivity contribution in [2.24, 2.45) is 11.5 Å². The maximum Gasteiger partial charge on any atom is 0.348 e. The Morgan fingerprint density at radius 2 is 2.00 bits per heavy atom. The van der Waals surface area contributed by atoms with Gasteiger partial charge >= 0.3 is 6.03 Å². The first-order valence-electron chi connectivity index (χ1n) is 3.51. The molecule has 0 saturated carbocycles. The number of rotatable bonds is 1. The van der Waals surface area contributed by atoms with Crippen molar-refractivity contribution in [1.29, 1.82) is 0 Å². The lowest BCUT2D eigenvalue weighted by Crippen LogP contribution is -2.47. The molecule has 1 rings (SSSR count). The molecule has 6 heteroatoms. The molecule has 0 spiro atoms. The lowest BCUT2D eigenvalue weighted by Gasteiger charge is -2.21. The van der Waals surface area contributed by atoms with Crippen molar-refractivity contribution in [2.75, 3.05) is 0 Å². The number of hydroxylamine groups is 2. The van der Waals surface area contributed by atoms with Gasteiger partial charge in [-0.1, -0.05) is 6.08 Å². The van der Waals surface area contributed by atoms with E-state index in [0.717, 1.165) is 0 Å². The lowest BCUT2D eigenvalue weighted by molar-refractivity contribution is -0.133. The quantitative estimate of drug-likeness (QED) is 0.558. The molecule has 0 bridgehead atoms. The zero-order valence-electron chi connectivity index (χ0n) is 6.71. The first kappa shape index (κ1) is 9.11. The van der Waals surface area contributed by atoms with Crippen molar-refractivity contribution in [2.45, 2.75) is 6.04 Å². The molecule has 6 nitrogen and oxygen atoms in total. The van der Waals surface area contributed by atoms with Crippen LogP contribution >= 0.6 is 0 Å². The van der Waals surface area contributed by atoms with Gasteiger partial charge in [-0.25, -0.2) is 4.79 Å². The smallest absolute Gasteiger partial charge is 0.348 e. The number of urea groups is 1. The zero-order chi connectivity index (χ0) is 9.84. The number of primary amides is 2. The highest BCUT2D eigenvalue weighted by molar-refractivity contribution is 5.86. The Morgan fingerprint density at radius 1 is 1.31 bits per heavy atom. The molecule has 0 saturated heterocycles. The fourth-order valence-corrected chi connectivity index (χ4v) is 0.859. The molecule has 0 aromatic carbocycles. The van der Waals surface area contributed by atoms with Crippen LogP contribution in [0.3, 0.4) is 0 Å². The number of carbonyl (C=O) groups is 2. The van der Waals surface area contributed by atoms with E-state index in [1.165, 1.54) is 18.4 Å². The third kappa shape index (κ3) is 1.98. The molecular weight excluding hydrogens is 174 g/mol. The van der Waals surface area contributed by atoms with E-state index < -0.39 is 18.0 Å². The van der Waals surface area contributed by atoms with Crippen molar-refractivity contribution < 1.29 is 14.4 Å². The Labute approximate surface area is 74.4 Å². The van der Waals surface area contributed by atoms with E-state index in [4.69, 9.17) is 16.3 Å². The first-order chi connectivity index (χ1) is 6.13. The van der Waals surface area contributed by atoms with Crippen LogP contribution < -0.4 is 11.5 Å². The van der Waals surface area contributed by atoms with Crippen molar-refractivity contribution >= 4 is 11.9 Å². The van der Waals surface area contributed by atoms with Gasteiger partial charge in [0.15, 0.2) is 6.04 Å². The molecule has 1 unspecified atom stereocenters. The molecule has 70 valence electrons. The zero-order valence-corrected chi connectivity index (χ0v) is 6.71. The number of hydrogen-bond acceptors (Lipinski definition) is 3. The van der Waals surface area contributed by atoms with E-state index in [9.17, 15) is 9.59 Å². The van der Waals surface area contributed by atoms with Crippen LogP contribution in [0.2, 0.25) is 0 Å². The predicted octanol–water partition coefficient (Wildman–Crippen LogP) is -0.764. The molecule has 0 aromatic heterocycles. The molecule has 1 aliphatic rings. The highest BCUT2D eigenvalue weighted by Crippen LogP contribution is 2.06. The molecule has 13 heavy (non-hydrogen) atoms. The molecule has 1 heterocycles. The van der Waals surface area contributed by atoms with E-state index in [1.54, 1.807) is 6.08 Å². The summed E-state index contributed by atoms with van der Waals surface area (Å²) in [6, 6.07) is -1.84. The number of nitrogens with two attached hydrogens (primary N) is 2. The minimum atomic E-state index is -0.965. The fourth-order valence-electron chi connectivity index (χ4n) is 0.859. The summed E-state index contributed by atoms with van der Waals surface area (Å²) >= 11 is 0. The number of allylic oxidation sites excluding steroid dienone is 2. The SMILES string of the molecule is NC(=O)C1C=CC=CON1C(N)=O. The Hall–Kier alpha value is -1.98. The van der Waals surface area contributed by atoms with Gasteiger partial charge in [0.2, 0.25) is 5.91 Å². The Morgan fingerprint density at radius 3 is 2.54 bits per heavy atom. The Bertz CT molecular complexity index is 285. The van der Waals surface area contributed by atoms with Crippen molar-refractivity contribution in [3.63, 3.8) is 0 Å². The largest absolute Gasteiger partial charge is 0.382 e. The molecule has 1 aliphatic heterocycles. The number of carbonyl (C=O) groups excluding carboxylic acids is 2. The summed E-state index contributed by atoms with van der Waals surface area (Å²) in [6.07, 6.45) is 5.69. The predicted molar refractivity (Wildman–Crippen MR) is 43.8 cm³/mol. The second-order valence-corrected chi connectivity index (χ2v) is 2.33. The van der Waals surface area contributed by atoms with Gasteiger partial charge in [-0.15, -0.1) is 5.06 Å². The third-order valence-corrected chi connectivity index (χ3v) is 1.42. The summed E-state index contributed by atoms with van der Waals surface area (Å²) in [4.78, 5) is 26.4. The normalized spacial score (nSPS) is 20.6. The molecule has 0 aliphatic carbocycles. The second-order valence-electron chi connectivity index (χ2n) is 2.33. The van der Waals surface area contributed by atoms with E-state index >= 15 is 0 Å². The average molecular weight is 183 g/mol. The summed E-state index contributed by atoms with van der Waals surface area (Å²) in [5.74, 6) is -0.709. The average Bonchev–Trinajstić information content (AvgIpc) is 2.27. The highest BCUT2D eigenvalue weighted by atomic mass is 16.7. The summed E-state index contributed by atoms with van der Waals surface area (Å²) in [5.41, 5.74) is 9.97. The van der Waals surface area contributed by atoms with Crippen molar-refractivity contribution in [3.8, 4) is 0 Å². The molecular formula is C7H9N3O3. The number of nitrogens with zero attached hydrogens (tertiary/aromatic N) is 1. The van der Waals surface area contributed by atoms with Crippen LogP contribution in [0, 0.1) is 0 Å². The third-order valence-electron chi connectivity index (χ3n) is 1.42. The molecule has 0 aromatic rings. The maximum absolute atomic E-state index is 10.8. The summed E-state index contributed by atoms with van der Waals surface area (Å²) < 4.78 is 0. The van der Waals surface area contributed by atoms with Crippen LogP contribution in [0.5, 0.6) is 0 Å². The van der Waals surface area contributed by atoms with Gasteiger partial charge in [0.25, 0.3) is 0 Å². The maximum atomic E-state index is 10.8. The standard InChI is InChI=1S/C7H9N3O3/c8-6(11)5-3-1-2-4-13-10(5)7(9)12/h1-5H,(H2,8,11)(H2,9,12). The minimum Gasteiger partial charge on any atom is -0.382 e. The Kier molecular flexibility index (Phi) is 2.53. The van der Waals surface area contributed by atoms with Crippen LogP contribution in [-0.4, -0.2) is 23.0 Å². The Balaban J connectivity index is 2.88. The molecule has 0 fully saturated rings. The summed E-state index contributed by atoms with van der Waals surface area (Å²) in [5, 5.41) is 0.697. The number of hydrogen-bond donors (Lipinski definition) is 2. The van der Waals surface area contributed by atoms with E-state index in [0.29, 0.717) is 5.06 Å². The fraction of sp³-hybridized carbons (Fsp3) is 0.143. The number of amides is 3. The van der Waals surface area contributed by atoms with Gasteiger partial charge in [0, 0.05) is 0 Å². The van der Waals surface area contributed by atoms with Gasteiger partial charge in [-0.2, -0.15) is 0 Å². The van der Waals surface area contributed by atoms with Gasteiger partial charge in [-0.05, 0) is 12.2 Å². The van der Waals surface area contributed by atoms with E-state index in [-0.39, 0.29) is 0 Å². The molecule has 3 amide bonds. The van der Waals surface area contributed by atoms with Gasteiger partial charge < -0.3 is 16.3 Å². The van der Waals surface area contributed by atoms with E-state index in [2.05, 4.69) is 0 Å². The van der Waals surface area contributed by atoms with Gasteiger partial charge in [0.1, 0.15) is 6.26 Å². The monoisotopic (exact) mass is 183 g/mol. The van der Waals surface area contributed by atoms with Gasteiger partial charge in [0.05, 0.1) is 0 Å². The van der Waals surface area contributed by atoms with Crippen LogP contribution in [0.15, 0.2) is 24.5 Å². The van der Waals surface area contributed by atoms with Crippen LogP contribution in [0.4, 0.5) is 4.79 Å². The molecule has 1 atom stereocenters. The van der Waals surface area contributed by atoms with Gasteiger partial charge in [-0.3, -0.25) is 4.79 Å². The topological polar surface area (TPSA) is 98.7 Å². The van der Waals surface area contributed by atoms with Crippen LogP contribution in [-0.2, 0) is 9.63 Å². The minimum absolute atomic E-state index is 0.697. The highest BCUT2D eigenvalue weighted by Gasteiger charge is 2.26. The van der Waals surface area contributed by atoms with Crippen molar-refractivity contribution in [1.82, 2.24) is 5.06 Å². The van der Waals surface area contributed by atoms with Crippen LogP contribution in [0.1, 0.15) is 0 Å². The van der Waals surface area contributed by atoms with Crippen LogP contribution in [0.25, 0.3) is 0 Å². The van der Waals surface area contributed by atoms with E-state index in [1.807, 2.05) is 0 Å². The second kappa shape index (κ2) is 3.61. The lowest BCUT2D eigenvalue weighted by atomic mass is 10.2.